The summed E-state index contributed by atoms with van der Waals surface area (Å²) in [6.07, 6.45) is 0. The molecule has 9 aromatic carbocycles. The third-order valence-corrected chi connectivity index (χ3v) is 12.0. The van der Waals surface area contributed by atoms with Crippen molar-refractivity contribution in [2.24, 2.45) is 0 Å². The van der Waals surface area contributed by atoms with Gasteiger partial charge in [0, 0.05) is 16.4 Å². The fourth-order valence-corrected chi connectivity index (χ4v) is 9.35. The van der Waals surface area contributed by atoms with Crippen LogP contribution in [0.2, 0.25) is 0 Å². The van der Waals surface area contributed by atoms with Crippen LogP contribution in [0.5, 0.6) is 0 Å². The van der Waals surface area contributed by atoms with Crippen molar-refractivity contribution in [3.8, 4) is 55.8 Å². The molecule has 0 saturated carbocycles. The first-order chi connectivity index (χ1) is 27.0. The zero-order valence-corrected chi connectivity index (χ0v) is 30.8. The molecule has 1 aliphatic rings. The summed E-state index contributed by atoms with van der Waals surface area (Å²) in [6, 6.07) is 69.2. The molecule has 0 spiro atoms. The Morgan fingerprint density at radius 1 is 0.345 bits per heavy atom. The maximum absolute atomic E-state index is 5.44. The van der Waals surface area contributed by atoms with Crippen molar-refractivity contribution in [2.75, 3.05) is 0 Å². The van der Waals surface area contributed by atoms with Crippen molar-refractivity contribution < 1.29 is 0 Å². The number of hydrogen-bond donors (Lipinski definition) is 0. The molecule has 0 N–H and O–H groups in total. The highest BCUT2D eigenvalue weighted by molar-refractivity contribution is 6.22. The number of benzene rings is 9. The van der Waals surface area contributed by atoms with E-state index < -0.39 is 0 Å². The van der Waals surface area contributed by atoms with E-state index >= 15 is 0 Å². The van der Waals surface area contributed by atoms with E-state index in [1.165, 1.54) is 88.0 Å². The molecule has 0 fully saturated rings. The lowest BCUT2D eigenvalue weighted by Gasteiger charge is -2.22. The molecular weight excluding hydrogens is 663 g/mol. The molecule has 11 rings (SSSR count). The molecule has 0 bridgehead atoms. The van der Waals surface area contributed by atoms with Gasteiger partial charge in [-0.15, -0.1) is 0 Å². The Kier molecular flexibility index (Phi) is 6.97. The van der Waals surface area contributed by atoms with Crippen LogP contribution in [0.1, 0.15) is 25.0 Å². The minimum atomic E-state index is -0.0556. The first-order valence-corrected chi connectivity index (χ1v) is 19.2. The lowest BCUT2D eigenvalue weighted by Crippen LogP contribution is -2.14. The van der Waals surface area contributed by atoms with Crippen molar-refractivity contribution in [3.63, 3.8) is 0 Å². The van der Waals surface area contributed by atoms with E-state index in [-0.39, 0.29) is 5.41 Å². The van der Waals surface area contributed by atoms with Crippen molar-refractivity contribution in [3.05, 3.63) is 199 Å². The van der Waals surface area contributed by atoms with E-state index in [0.29, 0.717) is 0 Å². The molecule has 0 unspecified atom stereocenters. The summed E-state index contributed by atoms with van der Waals surface area (Å²) >= 11 is 0. The summed E-state index contributed by atoms with van der Waals surface area (Å²) < 4.78 is 0. The van der Waals surface area contributed by atoms with Gasteiger partial charge < -0.3 is 0 Å². The third kappa shape index (κ3) is 4.90. The number of rotatable bonds is 4. The summed E-state index contributed by atoms with van der Waals surface area (Å²) in [5.74, 6) is 0. The quantitative estimate of drug-likeness (QED) is 0.167. The van der Waals surface area contributed by atoms with Gasteiger partial charge in [0.15, 0.2) is 0 Å². The van der Waals surface area contributed by atoms with Crippen LogP contribution in [-0.2, 0) is 5.41 Å². The molecule has 55 heavy (non-hydrogen) atoms. The molecule has 258 valence electrons. The van der Waals surface area contributed by atoms with Gasteiger partial charge in [0.1, 0.15) is 0 Å². The summed E-state index contributed by atoms with van der Waals surface area (Å²) in [6.45, 7) is 4.71. The van der Waals surface area contributed by atoms with Crippen molar-refractivity contribution in [1.82, 2.24) is 4.98 Å². The van der Waals surface area contributed by atoms with Crippen LogP contribution in [0.15, 0.2) is 188 Å². The predicted molar refractivity (Wildman–Crippen MR) is 234 cm³/mol. The number of aromatic nitrogens is 1. The Morgan fingerprint density at radius 3 is 1.82 bits per heavy atom. The number of pyridine rings is 1. The number of para-hydroxylation sites is 1. The Morgan fingerprint density at radius 2 is 0.964 bits per heavy atom. The van der Waals surface area contributed by atoms with E-state index in [2.05, 4.69) is 202 Å². The fraction of sp³-hybridized carbons (Fsp3) is 0.0556. The van der Waals surface area contributed by atoms with E-state index in [0.717, 1.165) is 22.2 Å². The van der Waals surface area contributed by atoms with E-state index in [4.69, 9.17) is 4.98 Å². The molecule has 1 heterocycles. The highest BCUT2D eigenvalue weighted by Gasteiger charge is 2.35. The molecule has 1 nitrogen and oxygen atoms in total. The van der Waals surface area contributed by atoms with E-state index in [1.54, 1.807) is 0 Å². The molecule has 0 radical (unpaired) electrons. The Balaban J connectivity index is 1.24. The average molecular weight is 700 g/mol. The maximum atomic E-state index is 5.44. The first kappa shape index (κ1) is 31.7. The Labute approximate surface area is 321 Å². The standard InChI is InChI=1S/C54H37N/c1-54(2)48-22-12-10-18-40(48)46-32-39(27-29-49(46)54)52-42-20-8-9-21-43(42)53(51-33-45(35-15-4-3-5-16-35)41-19-11-13-23-50(41)55-51)44-28-26-38(31-47(44)52)37-25-24-34-14-6-7-17-36(34)30-37/h3-33H,1-2H3. The predicted octanol–water partition coefficient (Wildman–Crippen LogP) is 14.7. The van der Waals surface area contributed by atoms with Crippen LogP contribution in [-0.4, -0.2) is 4.98 Å². The Bertz CT molecular complexity index is 3170. The molecule has 10 aromatic rings. The molecular formula is C54H37N. The zero-order valence-electron chi connectivity index (χ0n) is 30.8. The molecule has 0 amide bonds. The van der Waals surface area contributed by atoms with Crippen molar-refractivity contribution in [1.29, 1.82) is 0 Å². The maximum Gasteiger partial charge on any atom is 0.0728 e. The van der Waals surface area contributed by atoms with Crippen LogP contribution in [0.3, 0.4) is 0 Å². The second-order valence-electron chi connectivity index (χ2n) is 15.5. The molecule has 1 aromatic heterocycles. The molecule has 0 saturated heterocycles. The molecule has 0 atom stereocenters. The summed E-state index contributed by atoms with van der Waals surface area (Å²) in [5, 5.41) is 8.49. The number of fused-ring (bicyclic) bond motifs is 7. The summed E-state index contributed by atoms with van der Waals surface area (Å²) in [4.78, 5) is 5.44. The van der Waals surface area contributed by atoms with Gasteiger partial charge in [0.05, 0.1) is 11.2 Å². The van der Waals surface area contributed by atoms with Gasteiger partial charge >= 0.3 is 0 Å². The zero-order chi connectivity index (χ0) is 36.7. The van der Waals surface area contributed by atoms with Crippen molar-refractivity contribution in [2.45, 2.75) is 19.3 Å². The molecule has 0 aliphatic heterocycles. The summed E-state index contributed by atoms with van der Waals surface area (Å²) in [5.41, 5.74) is 15.8. The number of hydrogen-bond acceptors (Lipinski definition) is 1. The van der Waals surface area contributed by atoms with Gasteiger partial charge in [-0.1, -0.05) is 172 Å². The minimum absolute atomic E-state index is 0.0556. The normalized spacial score (nSPS) is 13.1. The van der Waals surface area contributed by atoms with Gasteiger partial charge in [-0.25, -0.2) is 4.98 Å². The van der Waals surface area contributed by atoms with Crippen LogP contribution in [0.25, 0.3) is 99.0 Å². The lowest BCUT2D eigenvalue weighted by molar-refractivity contribution is 0.660. The van der Waals surface area contributed by atoms with Crippen LogP contribution >= 0.6 is 0 Å². The SMILES string of the molecule is CC1(C)c2ccccc2-c2cc(-c3c4ccccc4c(-c4cc(-c5ccccc5)c5ccccc5n4)c4ccc(-c5ccc6ccccc6c5)cc34)ccc21. The van der Waals surface area contributed by atoms with E-state index in [9.17, 15) is 0 Å². The van der Waals surface area contributed by atoms with Gasteiger partial charge in [0.2, 0.25) is 0 Å². The van der Waals surface area contributed by atoms with Gasteiger partial charge in [-0.2, -0.15) is 0 Å². The van der Waals surface area contributed by atoms with E-state index in [1.807, 2.05) is 0 Å². The second kappa shape index (κ2) is 12.1. The van der Waals surface area contributed by atoms with Crippen LogP contribution in [0, 0.1) is 0 Å². The van der Waals surface area contributed by atoms with Gasteiger partial charge in [-0.3, -0.25) is 0 Å². The smallest absolute Gasteiger partial charge is 0.0728 e. The Hall–Kier alpha value is -6.83. The van der Waals surface area contributed by atoms with Gasteiger partial charge in [0.25, 0.3) is 0 Å². The highest BCUT2D eigenvalue weighted by Crippen LogP contribution is 2.51. The van der Waals surface area contributed by atoms with Gasteiger partial charge in [-0.05, 0) is 118 Å². The third-order valence-electron chi connectivity index (χ3n) is 12.0. The molecule has 1 aliphatic carbocycles. The highest BCUT2D eigenvalue weighted by atomic mass is 14.7. The first-order valence-electron chi connectivity index (χ1n) is 19.2. The fourth-order valence-electron chi connectivity index (χ4n) is 9.35. The van der Waals surface area contributed by atoms with Crippen molar-refractivity contribution >= 4 is 43.2 Å². The van der Waals surface area contributed by atoms with Crippen LogP contribution < -0.4 is 0 Å². The topological polar surface area (TPSA) is 12.9 Å². The average Bonchev–Trinajstić information content (AvgIpc) is 3.47. The minimum Gasteiger partial charge on any atom is -0.248 e. The second-order valence-corrected chi connectivity index (χ2v) is 15.5. The lowest BCUT2D eigenvalue weighted by atomic mass is 9.81. The largest absolute Gasteiger partial charge is 0.248 e. The summed E-state index contributed by atoms with van der Waals surface area (Å²) in [7, 11) is 0. The number of nitrogens with zero attached hydrogens (tertiary/aromatic N) is 1. The monoisotopic (exact) mass is 699 g/mol. The molecule has 1 heteroatoms. The van der Waals surface area contributed by atoms with Crippen LogP contribution in [0.4, 0.5) is 0 Å².